The van der Waals surface area contributed by atoms with Crippen LogP contribution in [-0.2, 0) is 9.59 Å². The molecule has 0 amide bonds. The Hall–Kier alpha value is -4.32. The first-order chi connectivity index (χ1) is 14.5. The Balaban J connectivity index is 2.01. The average Bonchev–Trinajstić information content (AvgIpc) is 2.72. The second-order valence-corrected chi connectivity index (χ2v) is 6.68. The summed E-state index contributed by atoms with van der Waals surface area (Å²) in [6.07, 6.45) is 3.46. The average molecular weight is 400 g/mol. The number of aliphatic carboxylic acids is 1. The third-order valence-electron chi connectivity index (χ3n) is 4.61. The fourth-order valence-corrected chi connectivity index (χ4v) is 3.28. The Morgan fingerprint density at radius 3 is 1.80 bits per heavy atom. The van der Waals surface area contributed by atoms with Crippen molar-refractivity contribution >= 4 is 35.3 Å². The molecule has 0 aliphatic heterocycles. The van der Waals surface area contributed by atoms with E-state index in [1.807, 2.05) is 0 Å². The monoisotopic (exact) mass is 400 g/mol. The minimum atomic E-state index is -0.982. The van der Waals surface area contributed by atoms with E-state index in [9.17, 15) is 14.7 Å². The summed E-state index contributed by atoms with van der Waals surface area (Å²) in [4.78, 5) is 30.2. The van der Waals surface area contributed by atoms with E-state index in [1.165, 1.54) is 0 Å². The van der Waals surface area contributed by atoms with Crippen LogP contribution in [0.25, 0.3) is 33.0 Å². The van der Waals surface area contributed by atoms with Crippen molar-refractivity contribution in [3.8, 4) is 0 Å². The minimum Gasteiger partial charge on any atom is -0.481 e. The van der Waals surface area contributed by atoms with Crippen molar-refractivity contribution in [1.82, 2.24) is 0 Å². The van der Waals surface area contributed by atoms with Crippen LogP contribution < -0.4 is 0 Å². The van der Waals surface area contributed by atoms with Crippen molar-refractivity contribution in [2.24, 2.45) is 16.1 Å². The van der Waals surface area contributed by atoms with Crippen LogP contribution in [0.15, 0.2) is 69.9 Å². The second kappa shape index (κ2) is 9.25. The summed E-state index contributed by atoms with van der Waals surface area (Å²) in [6.45, 7) is 0. The van der Waals surface area contributed by atoms with Crippen LogP contribution in [0.3, 0.4) is 0 Å². The molecule has 0 saturated heterocycles. The number of azide groups is 2. The fourth-order valence-electron chi connectivity index (χ4n) is 3.28. The van der Waals surface area contributed by atoms with Gasteiger partial charge in [0.1, 0.15) is 0 Å². The van der Waals surface area contributed by atoms with Gasteiger partial charge in [-0.15, -0.1) is 0 Å². The molecule has 148 valence electrons. The first-order valence-electron chi connectivity index (χ1n) is 8.99. The molecule has 30 heavy (non-hydrogen) atoms. The Morgan fingerprint density at radius 2 is 1.40 bits per heavy atom. The number of nitrogens with zero attached hydrogens (tertiary/aromatic N) is 6. The van der Waals surface area contributed by atoms with Crippen LogP contribution in [0.2, 0.25) is 0 Å². The Bertz CT molecular complexity index is 1090. The lowest BCUT2D eigenvalue weighted by Crippen LogP contribution is -2.25. The number of hydrogen-bond acceptors (Lipinski definition) is 4. The van der Waals surface area contributed by atoms with E-state index in [0.29, 0.717) is 33.6 Å². The van der Waals surface area contributed by atoms with Crippen molar-refractivity contribution in [1.29, 1.82) is 0 Å². The van der Waals surface area contributed by atoms with Gasteiger partial charge >= 0.3 is 5.97 Å². The Morgan fingerprint density at radius 1 is 0.933 bits per heavy atom. The van der Waals surface area contributed by atoms with E-state index in [4.69, 9.17) is 11.1 Å². The summed E-state index contributed by atoms with van der Waals surface area (Å²) in [5.74, 6) is -1.96. The highest BCUT2D eigenvalue weighted by Crippen LogP contribution is 2.33. The summed E-state index contributed by atoms with van der Waals surface area (Å²) in [5, 5.41) is 16.6. The van der Waals surface area contributed by atoms with Crippen LogP contribution in [0.4, 0.5) is 11.4 Å². The lowest BCUT2D eigenvalue weighted by atomic mass is 9.80. The van der Waals surface area contributed by atoms with Gasteiger partial charge in [-0.05, 0) is 59.3 Å². The molecule has 2 aromatic carbocycles. The van der Waals surface area contributed by atoms with Gasteiger partial charge in [0.25, 0.3) is 0 Å². The summed E-state index contributed by atoms with van der Waals surface area (Å²) in [7, 11) is 0. The molecule has 0 atom stereocenters. The zero-order valence-electron chi connectivity index (χ0n) is 15.7. The summed E-state index contributed by atoms with van der Waals surface area (Å²) in [6, 6.07) is 13.4. The van der Waals surface area contributed by atoms with Gasteiger partial charge in [-0.25, -0.2) is 0 Å². The van der Waals surface area contributed by atoms with Crippen LogP contribution >= 0.6 is 0 Å². The van der Waals surface area contributed by atoms with Gasteiger partial charge in [0.05, 0.1) is 5.92 Å². The van der Waals surface area contributed by atoms with E-state index in [2.05, 4.69) is 20.1 Å². The first kappa shape index (κ1) is 20.4. The standard InChI is InChI=1S/C21H16N6O3/c22-26-24-18-5-1-3-13(9-18)7-15-11-17(21(29)30)12-16(20(15)28)8-14-4-2-6-19(10-14)25-27-23/h1-10,17H,11-12H2,(H,29,30). The largest absolute Gasteiger partial charge is 0.481 e. The highest BCUT2D eigenvalue weighted by molar-refractivity contribution is 6.14. The predicted octanol–water partition coefficient (Wildman–Crippen LogP) is 6.10. The van der Waals surface area contributed by atoms with Crippen molar-refractivity contribution in [3.05, 3.63) is 91.7 Å². The molecule has 1 aliphatic carbocycles. The molecule has 1 aliphatic rings. The second-order valence-electron chi connectivity index (χ2n) is 6.68. The Labute approximate surface area is 171 Å². The maximum Gasteiger partial charge on any atom is 0.307 e. The molecule has 3 rings (SSSR count). The topological polar surface area (TPSA) is 152 Å². The molecule has 0 bridgehead atoms. The van der Waals surface area contributed by atoms with Crippen molar-refractivity contribution in [2.45, 2.75) is 12.8 Å². The normalized spacial score (nSPS) is 18.5. The van der Waals surface area contributed by atoms with Gasteiger partial charge in [-0.1, -0.05) is 46.6 Å². The molecule has 1 fully saturated rings. The SMILES string of the molecule is [N-]=[N+]=Nc1cccc(C=C2CC(C(=O)O)CC(=Cc3cccc(N=[N+]=[N-])c3)C2=O)c1. The van der Waals surface area contributed by atoms with Crippen molar-refractivity contribution in [2.75, 3.05) is 0 Å². The van der Waals surface area contributed by atoms with Gasteiger partial charge in [-0.2, -0.15) is 0 Å². The van der Waals surface area contributed by atoms with Gasteiger partial charge in [0.2, 0.25) is 0 Å². The molecular weight excluding hydrogens is 384 g/mol. The molecule has 1 saturated carbocycles. The molecule has 1 N–H and O–H groups in total. The lowest BCUT2D eigenvalue weighted by molar-refractivity contribution is -0.142. The number of rotatable bonds is 5. The van der Waals surface area contributed by atoms with E-state index in [-0.39, 0.29) is 18.6 Å². The molecule has 0 heterocycles. The first-order valence-corrected chi connectivity index (χ1v) is 8.99. The number of carboxylic acids is 1. The van der Waals surface area contributed by atoms with E-state index in [0.717, 1.165) is 0 Å². The van der Waals surface area contributed by atoms with Gasteiger partial charge in [0, 0.05) is 32.3 Å². The third-order valence-corrected chi connectivity index (χ3v) is 4.61. The third kappa shape index (κ3) is 4.94. The zero-order valence-corrected chi connectivity index (χ0v) is 15.7. The lowest BCUT2D eigenvalue weighted by Gasteiger charge is -2.23. The van der Waals surface area contributed by atoms with Gasteiger partial charge in [0.15, 0.2) is 5.78 Å². The minimum absolute atomic E-state index is 0.107. The van der Waals surface area contributed by atoms with E-state index in [1.54, 1.807) is 60.7 Å². The summed E-state index contributed by atoms with van der Waals surface area (Å²) in [5.41, 5.74) is 20.0. The molecule has 0 radical (unpaired) electrons. The van der Waals surface area contributed by atoms with Crippen molar-refractivity contribution in [3.63, 3.8) is 0 Å². The quantitative estimate of drug-likeness (QED) is 0.279. The van der Waals surface area contributed by atoms with E-state index >= 15 is 0 Å². The number of ketones is 1. The Kier molecular flexibility index (Phi) is 6.29. The number of carbonyl (C=O) groups excluding carboxylic acids is 1. The number of Topliss-reactive ketones (excluding diaryl/α,β-unsaturated/α-hetero) is 1. The van der Waals surface area contributed by atoms with Crippen LogP contribution in [-0.4, -0.2) is 16.9 Å². The molecule has 0 spiro atoms. The number of carbonyl (C=O) groups is 2. The van der Waals surface area contributed by atoms with Crippen LogP contribution in [0.5, 0.6) is 0 Å². The summed E-state index contributed by atoms with van der Waals surface area (Å²) < 4.78 is 0. The summed E-state index contributed by atoms with van der Waals surface area (Å²) >= 11 is 0. The smallest absolute Gasteiger partial charge is 0.307 e. The molecule has 0 unspecified atom stereocenters. The number of carboxylic acid groups (broad SMARTS) is 1. The molecule has 9 nitrogen and oxygen atoms in total. The molecule has 9 heteroatoms. The number of benzene rings is 2. The zero-order chi connectivity index (χ0) is 21.5. The van der Waals surface area contributed by atoms with Crippen molar-refractivity contribution < 1.29 is 14.7 Å². The van der Waals surface area contributed by atoms with Crippen LogP contribution in [0, 0.1) is 5.92 Å². The fraction of sp³-hybridized carbons (Fsp3) is 0.143. The molecular formula is C21H16N6O3. The number of allylic oxidation sites excluding steroid dienone is 2. The highest BCUT2D eigenvalue weighted by atomic mass is 16.4. The predicted molar refractivity (Wildman–Crippen MR) is 112 cm³/mol. The molecule has 2 aromatic rings. The van der Waals surface area contributed by atoms with Crippen LogP contribution in [0.1, 0.15) is 24.0 Å². The molecule has 0 aromatic heterocycles. The maximum atomic E-state index is 13.0. The highest BCUT2D eigenvalue weighted by Gasteiger charge is 2.31. The number of hydrogen-bond donors (Lipinski definition) is 1. The van der Waals surface area contributed by atoms with Gasteiger partial charge in [-0.3, -0.25) is 9.59 Å². The maximum absolute atomic E-state index is 13.0. The van der Waals surface area contributed by atoms with Gasteiger partial charge < -0.3 is 5.11 Å². The van der Waals surface area contributed by atoms with E-state index < -0.39 is 11.9 Å².